The summed E-state index contributed by atoms with van der Waals surface area (Å²) < 4.78 is 21.1. The van der Waals surface area contributed by atoms with Gasteiger partial charge in [0.2, 0.25) is 5.28 Å². The molecule has 20 heavy (non-hydrogen) atoms. The molecule has 2 aromatic rings. The monoisotopic (exact) mass is 294 g/mol. The summed E-state index contributed by atoms with van der Waals surface area (Å²) >= 11 is 6.15. The van der Waals surface area contributed by atoms with Crippen LogP contribution >= 0.6 is 11.6 Å². The first kappa shape index (κ1) is 13.4. The van der Waals surface area contributed by atoms with E-state index in [-0.39, 0.29) is 18.2 Å². The summed E-state index contributed by atoms with van der Waals surface area (Å²) in [4.78, 5) is 4.35. The van der Waals surface area contributed by atoms with Crippen molar-refractivity contribution in [3.05, 3.63) is 46.8 Å². The van der Waals surface area contributed by atoms with Crippen LogP contribution in [-0.2, 0) is 19.6 Å². The lowest BCUT2D eigenvalue weighted by atomic mass is 9.97. The molecule has 106 valence electrons. The molecule has 0 spiro atoms. The standard InChI is InChI=1S/C15H16ClFN2O/c1-10-6-7-19-13(8-10)12(18-15(19)16)9-20-14-5-3-2-4-11(14)17/h2-5,10H,6-9H2,1H3. The van der Waals surface area contributed by atoms with E-state index in [1.54, 1.807) is 18.2 Å². The predicted octanol–water partition coefficient (Wildman–Crippen LogP) is 3.84. The molecule has 5 heteroatoms. The summed E-state index contributed by atoms with van der Waals surface area (Å²) in [5.74, 6) is 0.497. The van der Waals surface area contributed by atoms with Crippen molar-refractivity contribution in [1.82, 2.24) is 9.55 Å². The van der Waals surface area contributed by atoms with Crippen molar-refractivity contribution in [2.75, 3.05) is 0 Å². The second kappa shape index (κ2) is 5.44. The van der Waals surface area contributed by atoms with Crippen LogP contribution in [0.1, 0.15) is 24.7 Å². The van der Waals surface area contributed by atoms with Crippen LogP contribution < -0.4 is 4.74 Å². The normalized spacial score (nSPS) is 17.9. The zero-order valence-electron chi connectivity index (χ0n) is 11.3. The van der Waals surface area contributed by atoms with Crippen molar-refractivity contribution in [3.63, 3.8) is 0 Å². The lowest BCUT2D eigenvalue weighted by Crippen LogP contribution is -2.18. The van der Waals surface area contributed by atoms with Crippen LogP contribution in [0.2, 0.25) is 5.28 Å². The molecule has 1 unspecified atom stereocenters. The van der Waals surface area contributed by atoms with Crippen LogP contribution in [0.3, 0.4) is 0 Å². The van der Waals surface area contributed by atoms with E-state index in [2.05, 4.69) is 11.9 Å². The third kappa shape index (κ3) is 2.52. The van der Waals surface area contributed by atoms with Gasteiger partial charge in [0.05, 0.1) is 0 Å². The summed E-state index contributed by atoms with van der Waals surface area (Å²) in [6.45, 7) is 3.35. The first-order valence-corrected chi connectivity index (χ1v) is 7.14. The second-order valence-electron chi connectivity index (χ2n) is 5.24. The van der Waals surface area contributed by atoms with Gasteiger partial charge in [-0.15, -0.1) is 0 Å². The van der Waals surface area contributed by atoms with Crippen molar-refractivity contribution >= 4 is 11.6 Å². The molecule has 0 fully saturated rings. The molecule has 2 heterocycles. The number of hydrogen-bond donors (Lipinski definition) is 0. The lowest BCUT2D eigenvalue weighted by molar-refractivity contribution is 0.283. The number of nitrogens with zero attached hydrogens (tertiary/aromatic N) is 2. The van der Waals surface area contributed by atoms with Gasteiger partial charge in [0.25, 0.3) is 0 Å². The molecule has 1 atom stereocenters. The van der Waals surface area contributed by atoms with Gasteiger partial charge in [-0.1, -0.05) is 19.1 Å². The number of aromatic nitrogens is 2. The maximum atomic E-state index is 13.5. The summed E-state index contributed by atoms with van der Waals surface area (Å²) in [5.41, 5.74) is 1.93. The van der Waals surface area contributed by atoms with Gasteiger partial charge >= 0.3 is 0 Å². The van der Waals surface area contributed by atoms with Crippen molar-refractivity contribution in [2.24, 2.45) is 5.92 Å². The minimum absolute atomic E-state index is 0.245. The zero-order chi connectivity index (χ0) is 14.1. The van der Waals surface area contributed by atoms with Crippen LogP contribution in [0.5, 0.6) is 5.75 Å². The van der Waals surface area contributed by atoms with E-state index >= 15 is 0 Å². The molecule has 3 nitrogen and oxygen atoms in total. The van der Waals surface area contributed by atoms with E-state index < -0.39 is 0 Å². The average Bonchev–Trinajstić information content (AvgIpc) is 2.74. The Bertz CT molecular complexity index is 626. The Morgan fingerprint density at radius 3 is 3.05 bits per heavy atom. The van der Waals surface area contributed by atoms with E-state index in [0.717, 1.165) is 30.8 Å². The number of halogens is 2. The third-order valence-electron chi connectivity index (χ3n) is 3.70. The van der Waals surface area contributed by atoms with Crippen molar-refractivity contribution < 1.29 is 9.13 Å². The van der Waals surface area contributed by atoms with E-state index in [9.17, 15) is 4.39 Å². The molecule has 0 bridgehead atoms. The smallest absolute Gasteiger partial charge is 0.203 e. The summed E-state index contributed by atoms with van der Waals surface area (Å²) in [5, 5.41) is 0.499. The maximum absolute atomic E-state index is 13.5. The highest BCUT2D eigenvalue weighted by molar-refractivity contribution is 6.28. The highest BCUT2D eigenvalue weighted by atomic mass is 35.5. The van der Waals surface area contributed by atoms with Crippen molar-refractivity contribution in [3.8, 4) is 5.75 Å². The zero-order valence-corrected chi connectivity index (χ0v) is 12.0. The second-order valence-corrected chi connectivity index (χ2v) is 5.58. The average molecular weight is 295 g/mol. The molecule has 0 saturated heterocycles. The quantitative estimate of drug-likeness (QED) is 0.860. The summed E-state index contributed by atoms with van der Waals surface area (Å²) in [6, 6.07) is 6.38. The SMILES string of the molecule is CC1CCn2c(Cl)nc(COc3ccccc3F)c2C1. The molecular weight excluding hydrogens is 279 g/mol. The fraction of sp³-hybridized carbons (Fsp3) is 0.400. The number of fused-ring (bicyclic) bond motifs is 1. The van der Waals surface area contributed by atoms with E-state index in [4.69, 9.17) is 16.3 Å². The van der Waals surface area contributed by atoms with Crippen LogP contribution in [0.15, 0.2) is 24.3 Å². The molecule has 0 radical (unpaired) electrons. The number of rotatable bonds is 3. The minimum atomic E-state index is -0.361. The summed E-state index contributed by atoms with van der Waals surface area (Å²) in [6.07, 6.45) is 2.05. The Hall–Kier alpha value is -1.55. The fourth-order valence-electron chi connectivity index (χ4n) is 2.56. The number of imidazole rings is 1. The lowest BCUT2D eigenvalue weighted by Gasteiger charge is -2.21. The highest BCUT2D eigenvalue weighted by Gasteiger charge is 2.23. The van der Waals surface area contributed by atoms with Crippen LogP contribution in [0, 0.1) is 11.7 Å². The molecule has 0 aliphatic carbocycles. The Balaban J connectivity index is 1.80. The molecule has 1 aromatic carbocycles. The highest BCUT2D eigenvalue weighted by Crippen LogP contribution is 2.28. The number of ether oxygens (including phenoxy) is 1. The van der Waals surface area contributed by atoms with Crippen LogP contribution in [0.25, 0.3) is 0 Å². The molecule has 3 rings (SSSR count). The van der Waals surface area contributed by atoms with Gasteiger partial charge in [-0.3, -0.25) is 0 Å². The Kier molecular flexibility index (Phi) is 3.66. The van der Waals surface area contributed by atoms with Gasteiger partial charge in [-0.25, -0.2) is 9.37 Å². The van der Waals surface area contributed by atoms with E-state index in [1.165, 1.54) is 6.07 Å². The first-order chi connectivity index (χ1) is 9.65. The van der Waals surface area contributed by atoms with Gasteiger partial charge in [0.15, 0.2) is 11.6 Å². The van der Waals surface area contributed by atoms with Gasteiger partial charge in [0.1, 0.15) is 12.3 Å². The molecular formula is C15H16ClFN2O. The Morgan fingerprint density at radius 1 is 1.45 bits per heavy atom. The molecule has 1 aliphatic rings. The summed E-state index contributed by atoms with van der Waals surface area (Å²) in [7, 11) is 0. The molecule has 0 N–H and O–H groups in total. The molecule has 1 aromatic heterocycles. The van der Waals surface area contributed by atoms with Crippen LogP contribution in [-0.4, -0.2) is 9.55 Å². The van der Waals surface area contributed by atoms with Crippen molar-refractivity contribution in [1.29, 1.82) is 0 Å². The Morgan fingerprint density at radius 2 is 2.25 bits per heavy atom. The number of benzene rings is 1. The van der Waals surface area contributed by atoms with Gasteiger partial charge < -0.3 is 9.30 Å². The van der Waals surface area contributed by atoms with E-state index in [0.29, 0.717) is 11.2 Å². The fourth-order valence-corrected chi connectivity index (χ4v) is 2.85. The maximum Gasteiger partial charge on any atom is 0.203 e. The van der Waals surface area contributed by atoms with Gasteiger partial charge in [-0.2, -0.15) is 0 Å². The van der Waals surface area contributed by atoms with Gasteiger partial charge in [0, 0.05) is 12.2 Å². The molecule has 0 amide bonds. The first-order valence-electron chi connectivity index (χ1n) is 6.76. The number of para-hydroxylation sites is 1. The Labute approximate surface area is 122 Å². The third-order valence-corrected chi connectivity index (χ3v) is 3.99. The van der Waals surface area contributed by atoms with E-state index in [1.807, 2.05) is 4.57 Å². The molecule has 1 aliphatic heterocycles. The largest absolute Gasteiger partial charge is 0.484 e. The topological polar surface area (TPSA) is 27.1 Å². The van der Waals surface area contributed by atoms with Crippen molar-refractivity contribution in [2.45, 2.75) is 32.9 Å². The van der Waals surface area contributed by atoms with Crippen LogP contribution in [0.4, 0.5) is 4.39 Å². The number of hydrogen-bond acceptors (Lipinski definition) is 2. The molecule has 0 saturated carbocycles. The van der Waals surface area contributed by atoms with Gasteiger partial charge in [-0.05, 0) is 42.5 Å². The minimum Gasteiger partial charge on any atom is -0.484 e. The predicted molar refractivity (Wildman–Crippen MR) is 75.5 cm³/mol.